The van der Waals surface area contributed by atoms with Gasteiger partial charge in [0.1, 0.15) is 0 Å². The lowest BCUT2D eigenvalue weighted by atomic mass is 9.85. The van der Waals surface area contributed by atoms with Gasteiger partial charge in [-0.2, -0.15) is 0 Å². The first-order valence-electron chi connectivity index (χ1n) is 9.12. The second kappa shape index (κ2) is 7.19. The smallest absolute Gasteiger partial charge is 0.0921 e. The Morgan fingerprint density at radius 2 is 1.85 bits per heavy atom. The molecule has 27 heavy (non-hydrogen) atoms. The van der Waals surface area contributed by atoms with Crippen molar-refractivity contribution in [1.29, 1.82) is 0 Å². The summed E-state index contributed by atoms with van der Waals surface area (Å²) in [6.45, 7) is 4.37. The first kappa shape index (κ1) is 17.2. The normalized spacial score (nSPS) is 12.3. The number of aromatic amines is 1. The molecule has 5 nitrogen and oxygen atoms in total. The number of nitrogens with one attached hydrogen (secondary N) is 1. The summed E-state index contributed by atoms with van der Waals surface area (Å²) in [5.41, 5.74) is 8.57. The van der Waals surface area contributed by atoms with Gasteiger partial charge in [0.25, 0.3) is 0 Å². The summed E-state index contributed by atoms with van der Waals surface area (Å²) in [6.07, 6.45) is 6.39. The lowest BCUT2D eigenvalue weighted by Gasteiger charge is -2.20. The van der Waals surface area contributed by atoms with Gasteiger partial charge in [0, 0.05) is 30.4 Å². The summed E-state index contributed by atoms with van der Waals surface area (Å²) in [4.78, 5) is 7.56. The summed E-state index contributed by atoms with van der Waals surface area (Å²) in [7, 11) is 1.91. The number of imidazole rings is 1. The van der Waals surface area contributed by atoms with Gasteiger partial charge in [0.05, 0.1) is 18.2 Å². The second-order valence-electron chi connectivity index (χ2n) is 6.99. The number of aryl methyl sites for hydroxylation is 2. The van der Waals surface area contributed by atoms with Crippen LogP contribution >= 0.6 is 0 Å². The molecule has 2 aromatic carbocycles. The molecule has 0 spiro atoms. The minimum Gasteiger partial charge on any atom is -0.348 e. The average molecular weight is 357 g/mol. The third kappa shape index (κ3) is 3.40. The first-order valence-corrected chi connectivity index (χ1v) is 9.12. The summed E-state index contributed by atoms with van der Waals surface area (Å²) in [5.74, 6) is 0.247. The quantitative estimate of drug-likeness (QED) is 0.582. The van der Waals surface area contributed by atoms with E-state index in [1.165, 1.54) is 22.3 Å². The molecule has 0 fully saturated rings. The predicted octanol–water partition coefficient (Wildman–Crippen LogP) is 4.20. The Kier molecular flexibility index (Phi) is 4.59. The van der Waals surface area contributed by atoms with Crippen molar-refractivity contribution in [2.24, 2.45) is 7.05 Å². The van der Waals surface area contributed by atoms with Crippen molar-refractivity contribution in [2.45, 2.75) is 26.2 Å². The summed E-state index contributed by atoms with van der Waals surface area (Å²) in [5, 5.41) is 7.97. The molecular weight excluding hydrogens is 334 g/mol. The van der Waals surface area contributed by atoms with Crippen molar-refractivity contribution in [1.82, 2.24) is 25.0 Å². The van der Waals surface area contributed by atoms with Crippen LogP contribution in [-0.4, -0.2) is 25.0 Å². The standard InChI is InChI=1S/C22H23N5/c1-15-5-4-6-19(16(15)2)20(21-12-23-14-24-21)11-17-7-9-18(10-8-17)22-13-25-26-27(22)3/h4-10,12-14,20H,11H2,1-3H3,(H,23,24). The molecule has 0 bridgehead atoms. The van der Waals surface area contributed by atoms with E-state index >= 15 is 0 Å². The Balaban J connectivity index is 1.66. The highest BCUT2D eigenvalue weighted by Gasteiger charge is 2.19. The van der Waals surface area contributed by atoms with E-state index < -0.39 is 0 Å². The second-order valence-corrected chi connectivity index (χ2v) is 6.99. The molecule has 5 heteroatoms. The molecule has 136 valence electrons. The molecule has 0 saturated carbocycles. The molecular formula is C22H23N5. The Morgan fingerprint density at radius 3 is 2.52 bits per heavy atom. The van der Waals surface area contributed by atoms with E-state index in [-0.39, 0.29) is 5.92 Å². The van der Waals surface area contributed by atoms with Crippen LogP contribution in [0.4, 0.5) is 0 Å². The van der Waals surface area contributed by atoms with Crippen LogP contribution in [0.3, 0.4) is 0 Å². The number of aromatic nitrogens is 5. The highest BCUT2D eigenvalue weighted by atomic mass is 15.4. The third-order valence-electron chi connectivity index (χ3n) is 5.32. The molecule has 0 aliphatic heterocycles. The molecule has 0 amide bonds. The first-order chi connectivity index (χ1) is 13.1. The number of H-pyrrole nitrogens is 1. The molecule has 0 aliphatic carbocycles. The SMILES string of the molecule is Cc1cccc(C(Cc2ccc(-c3cnnn3C)cc2)c2cnc[nH]2)c1C. The molecule has 0 saturated heterocycles. The number of hydrogen-bond acceptors (Lipinski definition) is 3. The lowest BCUT2D eigenvalue weighted by Crippen LogP contribution is -2.08. The minimum absolute atomic E-state index is 0.247. The fraction of sp³-hybridized carbons (Fsp3) is 0.227. The van der Waals surface area contributed by atoms with Gasteiger partial charge in [-0.3, -0.25) is 0 Å². The molecule has 2 aromatic heterocycles. The zero-order valence-corrected chi connectivity index (χ0v) is 15.8. The van der Waals surface area contributed by atoms with Gasteiger partial charge in [-0.15, -0.1) is 5.10 Å². The predicted molar refractivity (Wildman–Crippen MR) is 106 cm³/mol. The van der Waals surface area contributed by atoms with Crippen LogP contribution in [-0.2, 0) is 13.5 Å². The van der Waals surface area contributed by atoms with Crippen LogP contribution < -0.4 is 0 Å². The topological polar surface area (TPSA) is 59.4 Å². The van der Waals surface area contributed by atoms with E-state index in [9.17, 15) is 0 Å². The van der Waals surface area contributed by atoms with Crippen LogP contribution in [0.1, 0.15) is 33.9 Å². The fourth-order valence-electron chi connectivity index (χ4n) is 3.59. The van der Waals surface area contributed by atoms with E-state index in [2.05, 4.69) is 76.6 Å². The summed E-state index contributed by atoms with van der Waals surface area (Å²) >= 11 is 0. The Hall–Kier alpha value is -3.21. The average Bonchev–Trinajstić information content (AvgIpc) is 3.35. The van der Waals surface area contributed by atoms with Gasteiger partial charge in [-0.05, 0) is 42.5 Å². The maximum absolute atomic E-state index is 4.25. The van der Waals surface area contributed by atoms with E-state index in [1.54, 1.807) is 17.2 Å². The van der Waals surface area contributed by atoms with Crippen molar-refractivity contribution < 1.29 is 0 Å². The van der Waals surface area contributed by atoms with E-state index in [4.69, 9.17) is 0 Å². The largest absolute Gasteiger partial charge is 0.348 e. The lowest BCUT2D eigenvalue weighted by molar-refractivity contribution is 0.720. The van der Waals surface area contributed by atoms with Crippen LogP contribution in [0.25, 0.3) is 11.3 Å². The molecule has 1 atom stereocenters. The van der Waals surface area contributed by atoms with Crippen LogP contribution in [0.5, 0.6) is 0 Å². The Morgan fingerprint density at radius 1 is 1.04 bits per heavy atom. The summed E-state index contributed by atoms with van der Waals surface area (Å²) < 4.78 is 1.79. The fourth-order valence-corrected chi connectivity index (χ4v) is 3.59. The molecule has 1 N–H and O–H groups in total. The van der Waals surface area contributed by atoms with Gasteiger partial charge < -0.3 is 4.98 Å². The Labute approximate surface area is 159 Å². The van der Waals surface area contributed by atoms with Gasteiger partial charge in [0.2, 0.25) is 0 Å². The van der Waals surface area contributed by atoms with Crippen molar-refractivity contribution in [3.63, 3.8) is 0 Å². The summed E-state index contributed by atoms with van der Waals surface area (Å²) in [6, 6.07) is 15.2. The van der Waals surface area contributed by atoms with E-state index in [1.807, 2.05) is 13.2 Å². The number of rotatable bonds is 5. The Bertz CT molecular complexity index is 1030. The number of hydrogen-bond donors (Lipinski definition) is 1. The van der Waals surface area contributed by atoms with E-state index in [0.717, 1.165) is 23.4 Å². The van der Waals surface area contributed by atoms with Gasteiger partial charge in [0.15, 0.2) is 0 Å². The minimum atomic E-state index is 0.247. The van der Waals surface area contributed by atoms with E-state index in [0.29, 0.717) is 0 Å². The molecule has 2 heterocycles. The molecule has 4 rings (SSSR count). The van der Waals surface area contributed by atoms with Gasteiger partial charge in [-0.1, -0.05) is 47.7 Å². The van der Waals surface area contributed by atoms with Crippen molar-refractivity contribution in [3.05, 3.63) is 89.1 Å². The van der Waals surface area contributed by atoms with Crippen LogP contribution in [0, 0.1) is 13.8 Å². The molecule has 0 aliphatic rings. The van der Waals surface area contributed by atoms with Crippen molar-refractivity contribution in [3.8, 4) is 11.3 Å². The van der Waals surface area contributed by atoms with Gasteiger partial charge in [-0.25, -0.2) is 9.67 Å². The third-order valence-corrected chi connectivity index (χ3v) is 5.32. The monoisotopic (exact) mass is 357 g/mol. The maximum atomic E-state index is 4.25. The molecule has 0 radical (unpaired) electrons. The maximum Gasteiger partial charge on any atom is 0.0921 e. The van der Waals surface area contributed by atoms with Gasteiger partial charge >= 0.3 is 0 Å². The van der Waals surface area contributed by atoms with Crippen molar-refractivity contribution in [2.75, 3.05) is 0 Å². The zero-order valence-electron chi connectivity index (χ0n) is 15.8. The van der Waals surface area contributed by atoms with Crippen LogP contribution in [0.15, 0.2) is 61.2 Å². The molecule has 1 unspecified atom stereocenters. The number of nitrogens with zero attached hydrogens (tertiary/aromatic N) is 4. The number of benzene rings is 2. The highest BCUT2D eigenvalue weighted by Crippen LogP contribution is 2.31. The van der Waals surface area contributed by atoms with Crippen LogP contribution in [0.2, 0.25) is 0 Å². The molecule has 4 aromatic rings. The highest BCUT2D eigenvalue weighted by molar-refractivity contribution is 5.58. The van der Waals surface area contributed by atoms with Crippen molar-refractivity contribution >= 4 is 0 Å². The zero-order chi connectivity index (χ0) is 18.8.